The molecule has 0 saturated carbocycles. The summed E-state index contributed by atoms with van der Waals surface area (Å²) >= 11 is 0. The molecule has 0 spiro atoms. The average molecular weight is 311 g/mol. The van der Waals surface area contributed by atoms with E-state index in [1.54, 1.807) is 7.11 Å². The molecule has 2 aromatic rings. The molecule has 2 aromatic carbocycles. The van der Waals surface area contributed by atoms with E-state index in [4.69, 9.17) is 14.2 Å². The molecule has 0 fully saturated rings. The first-order valence-electron chi connectivity index (χ1n) is 7.84. The normalized spacial score (nSPS) is 23.2. The van der Waals surface area contributed by atoms with Gasteiger partial charge in [-0.05, 0) is 29.7 Å². The van der Waals surface area contributed by atoms with Gasteiger partial charge in [-0.2, -0.15) is 0 Å². The zero-order valence-corrected chi connectivity index (χ0v) is 12.8. The maximum Gasteiger partial charge on any atom is 0.231 e. The van der Waals surface area contributed by atoms with Crippen LogP contribution < -0.4 is 19.5 Å². The van der Waals surface area contributed by atoms with Gasteiger partial charge in [-0.15, -0.1) is 0 Å². The first-order chi connectivity index (χ1) is 11.3. The number of hydrogen-bond donors (Lipinski definition) is 2. The van der Waals surface area contributed by atoms with Crippen molar-refractivity contribution in [2.45, 2.75) is 18.6 Å². The standard InChI is InChI=1S/C18H17NO4/c1-21-16-11-6-7-19-14-12(11)13(17-18(16)23-8-22-17)9-4-2-3-5-10(9)15(14)20/h2-5,14-15,19-20H,6-8H2,1H3. The quantitative estimate of drug-likeness (QED) is 0.846. The molecule has 23 heavy (non-hydrogen) atoms. The fraction of sp³-hybridized carbons (Fsp3) is 0.333. The highest BCUT2D eigenvalue weighted by molar-refractivity contribution is 5.86. The summed E-state index contributed by atoms with van der Waals surface area (Å²) in [5, 5.41) is 14.3. The van der Waals surface area contributed by atoms with Crippen molar-refractivity contribution in [3.8, 4) is 28.4 Å². The molecule has 0 aromatic heterocycles. The molecule has 2 aliphatic heterocycles. The number of benzene rings is 2. The molecular formula is C18H17NO4. The number of rotatable bonds is 1. The summed E-state index contributed by atoms with van der Waals surface area (Å²) in [6.45, 7) is 0.997. The second-order valence-electron chi connectivity index (χ2n) is 6.08. The molecule has 5 nitrogen and oxygen atoms in total. The Morgan fingerprint density at radius 1 is 1.22 bits per heavy atom. The van der Waals surface area contributed by atoms with Gasteiger partial charge in [0.05, 0.1) is 19.3 Å². The van der Waals surface area contributed by atoms with Gasteiger partial charge in [0.2, 0.25) is 12.5 Å². The molecule has 5 rings (SSSR count). The van der Waals surface area contributed by atoms with Gasteiger partial charge in [0.25, 0.3) is 0 Å². The molecule has 2 N–H and O–H groups in total. The lowest BCUT2D eigenvalue weighted by Gasteiger charge is -2.38. The van der Waals surface area contributed by atoms with Gasteiger partial charge in [0.15, 0.2) is 11.5 Å². The molecule has 0 radical (unpaired) electrons. The van der Waals surface area contributed by atoms with E-state index in [0.717, 1.165) is 52.3 Å². The largest absolute Gasteiger partial charge is 0.492 e. The van der Waals surface area contributed by atoms with Crippen molar-refractivity contribution in [1.82, 2.24) is 5.32 Å². The third-order valence-corrected chi connectivity index (χ3v) is 5.03. The molecule has 3 aliphatic rings. The van der Waals surface area contributed by atoms with Crippen LogP contribution >= 0.6 is 0 Å². The number of methoxy groups -OCH3 is 1. The lowest BCUT2D eigenvalue weighted by molar-refractivity contribution is 0.123. The average Bonchev–Trinajstić information content (AvgIpc) is 3.07. The van der Waals surface area contributed by atoms with Crippen molar-refractivity contribution < 1.29 is 19.3 Å². The van der Waals surface area contributed by atoms with Gasteiger partial charge in [0, 0.05) is 11.1 Å². The van der Waals surface area contributed by atoms with Gasteiger partial charge in [-0.1, -0.05) is 24.3 Å². The number of aliphatic hydroxyl groups excluding tert-OH is 1. The van der Waals surface area contributed by atoms with Crippen molar-refractivity contribution in [3.05, 3.63) is 41.0 Å². The predicted octanol–water partition coefficient (Wildman–Crippen LogP) is 2.32. The van der Waals surface area contributed by atoms with Crippen LogP contribution in [0, 0.1) is 0 Å². The Labute approximate surface area is 133 Å². The SMILES string of the molecule is COc1c2c3c(c4c1OCO4)-c1ccccc1C(O)C3NCC2. The Morgan fingerprint density at radius 3 is 2.91 bits per heavy atom. The van der Waals surface area contributed by atoms with Crippen molar-refractivity contribution >= 4 is 0 Å². The van der Waals surface area contributed by atoms with Crippen LogP contribution in [0.3, 0.4) is 0 Å². The lowest BCUT2D eigenvalue weighted by atomic mass is 9.75. The van der Waals surface area contributed by atoms with Crippen LogP contribution in [0.4, 0.5) is 0 Å². The van der Waals surface area contributed by atoms with E-state index in [1.807, 2.05) is 24.3 Å². The van der Waals surface area contributed by atoms with Crippen LogP contribution in [0.15, 0.2) is 24.3 Å². The molecule has 0 amide bonds. The fourth-order valence-corrected chi connectivity index (χ4v) is 4.13. The van der Waals surface area contributed by atoms with Crippen molar-refractivity contribution in [2.24, 2.45) is 0 Å². The van der Waals surface area contributed by atoms with Gasteiger partial charge in [-0.3, -0.25) is 0 Å². The Balaban J connectivity index is 1.93. The fourth-order valence-electron chi connectivity index (χ4n) is 4.13. The topological polar surface area (TPSA) is 60.0 Å². The maximum atomic E-state index is 10.9. The second kappa shape index (κ2) is 4.63. The summed E-state index contributed by atoms with van der Waals surface area (Å²) < 4.78 is 17.1. The highest BCUT2D eigenvalue weighted by atomic mass is 16.7. The molecule has 0 bridgehead atoms. The number of nitrogens with one attached hydrogen (secondary N) is 1. The molecule has 0 saturated heterocycles. The predicted molar refractivity (Wildman–Crippen MR) is 84.0 cm³/mol. The van der Waals surface area contributed by atoms with Crippen LogP contribution in [0.5, 0.6) is 17.2 Å². The highest BCUT2D eigenvalue weighted by Gasteiger charge is 2.42. The third-order valence-electron chi connectivity index (χ3n) is 5.03. The van der Waals surface area contributed by atoms with E-state index in [1.165, 1.54) is 0 Å². The zero-order valence-electron chi connectivity index (χ0n) is 12.8. The minimum Gasteiger partial charge on any atom is -0.492 e. The number of hydrogen-bond acceptors (Lipinski definition) is 5. The van der Waals surface area contributed by atoms with Crippen molar-refractivity contribution in [2.75, 3.05) is 20.4 Å². The summed E-state index contributed by atoms with van der Waals surface area (Å²) in [7, 11) is 1.66. The molecule has 2 heterocycles. The zero-order chi connectivity index (χ0) is 15.6. The Morgan fingerprint density at radius 2 is 2.04 bits per heavy atom. The first-order valence-corrected chi connectivity index (χ1v) is 7.84. The molecule has 1 aliphatic carbocycles. The van der Waals surface area contributed by atoms with Crippen LogP contribution in [0.2, 0.25) is 0 Å². The molecule has 2 atom stereocenters. The van der Waals surface area contributed by atoms with E-state index in [9.17, 15) is 5.11 Å². The van der Waals surface area contributed by atoms with Crippen LogP contribution in [0.1, 0.15) is 28.8 Å². The van der Waals surface area contributed by atoms with Crippen molar-refractivity contribution in [1.29, 1.82) is 0 Å². The molecule has 118 valence electrons. The molecular weight excluding hydrogens is 294 g/mol. The number of fused-ring (bicyclic) bond motifs is 4. The summed E-state index contributed by atoms with van der Waals surface area (Å²) in [6.07, 6.45) is 0.260. The lowest BCUT2D eigenvalue weighted by Crippen LogP contribution is -2.36. The minimum atomic E-state index is -0.581. The Hall–Kier alpha value is -2.24. The first kappa shape index (κ1) is 13.2. The number of ether oxygens (including phenoxy) is 3. The Kier molecular flexibility index (Phi) is 2.66. The molecule has 5 heteroatoms. The van der Waals surface area contributed by atoms with Gasteiger partial charge < -0.3 is 24.6 Å². The smallest absolute Gasteiger partial charge is 0.231 e. The van der Waals surface area contributed by atoms with E-state index >= 15 is 0 Å². The molecule has 2 unspecified atom stereocenters. The third kappa shape index (κ3) is 1.58. The van der Waals surface area contributed by atoms with E-state index in [0.29, 0.717) is 5.75 Å². The van der Waals surface area contributed by atoms with E-state index in [2.05, 4.69) is 5.32 Å². The van der Waals surface area contributed by atoms with Gasteiger partial charge in [-0.25, -0.2) is 0 Å². The van der Waals surface area contributed by atoms with Crippen molar-refractivity contribution in [3.63, 3.8) is 0 Å². The van der Waals surface area contributed by atoms with Crippen LogP contribution in [0.25, 0.3) is 11.1 Å². The van der Waals surface area contributed by atoms with Gasteiger partial charge in [0.1, 0.15) is 0 Å². The summed E-state index contributed by atoms with van der Waals surface area (Å²) in [4.78, 5) is 0. The maximum absolute atomic E-state index is 10.9. The van der Waals surface area contributed by atoms with E-state index in [-0.39, 0.29) is 12.8 Å². The summed E-state index contributed by atoms with van der Waals surface area (Å²) in [6, 6.07) is 7.81. The second-order valence-corrected chi connectivity index (χ2v) is 6.08. The van der Waals surface area contributed by atoms with E-state index < -0.39 is 6.10 Å². The van der Waals surface area contributed by atoms with Crippen LogP contribution in [-0.4, -0.2) is 25.6 Å². The highest BCUT2D eigenvalue weighted by Crippen LogP contribution is 2.58. The Bertz CT molecular complexity index is 817. The monoisotopic (exact) mass is 311 g/mol. The number of aliphatic hydroxyl groups is 1. The summed E-state index contributed by atoms with van der Waals surface area (Å²) in [5.74, 6) is 2.16. The van der Waals surface area contributed by atoms with Gasteiger partial charge >= 0.3 is 0 Å². The summed E-state index contributed by atoms with van der Waals surface area (Å²) in [5.41, 5.74) is 5.17. The van der Waals surface area contributed by atoms with Crippen LogP contribution in [-0.2, 0) is 6.42 Å². The minimum absolute atomic E-state index is 0.146.